The summed E-state index contributed by atoms with van der Waals surface area (Å²) in [6.45, 7) is 9.50. The van der Waals surface area contributed by atoms with E-state index >= 15 is 0 Å². The van der Waals surface area contributed by atoms with Gasteiger partial charge >= 0.3 is 0 Å². The van der Waals surface area contributed by atoms with Crippen LogP contribution in [0.1, 0.15) is 59.3 Å². The molecule has 0 saturated heterocycles. The van der Waals surface area contributed by atoms with Crippen molar-refractivity contribution in [1.82, 2.24) is 10.2 Å². The molecule has 2 unspecified atom stereocenters. The summed E-state index contributed by atoms with van der Waals surface area (Å²) in [5.74, 6) is 0.649. The minimum atomic E-state index is 0.0315. The van der Waals surface area contributed by atoms with Gasteiger partial charge in [-0.1, -0.05) is 27.2 Å². The van der Waals surface area contributed by atoms with Crippen molar-refractivity contribution in [3.8, 4) is 0 Å². The van der Waals surface area contributed by atoms with Gasteiger partial charge in [0.05, 0.1) is 6.61 Å². The van der Waals surface area contributed by atoms with Gasteiger partial charge in [0.25, 0.3) is 0 Å². The van der Waals surface area contributed by atoms with E-state index < -0.39 is 0 Å². The van der Waals surface area contributed by atoms with Gasteiger partial charge in [-0.2, -0.15) is 0 Å². The fourth-order valence-electron chi connectivity index (χ4n) is 3.91. The summed E-state index contributed by atoms with van der Waals surface area (Å²) in [6.07, 6.45) is 7.54. The maximum Gasteiger partial charge on any atom is 0.0616 e. The highest BCUT2D eigenvalue weighted by atomic mass is 16.3. The molecule has 0 heterocycles. The van der Waals surface area contributed by atoms with Crippen molar-refractivity contribution in [1.29, 1.82) is 0 Å². The monoisotopic (exact) mass is 282 g/mol. The average molecular weight is 282 g/mol. The molecule has 0 aromatic heterocycles. The molecule has 0 aromatic rings. The Morgan fingerprint density at radius 1 is 1.25 bits per heavy atom. The molecule has 2 aliphatic carbocycles. The Labute approximate surface area is 125 Å². The zero-order valence-electron chi connectivity index (χ0n) is 13.9. The molecule has 0 aromatic carbocycles. The van der Waals surface area contributed by atoms with Crippen LogP contribution in [0.5, 0.6) is 0 Å². The lowest BCUT2D eigenvalue weighted by Crippen LogP contribution is -2.53. The largest absolute Gasteiger partial charge is 0.394 e. The fraction of sp³-hybridized carbons (Fsp3) is 1.00. The number of nitrogens with zero attached hydrogens (tertiary/aromatic N) is 1. The van der Waals surface area contributed by atoms with Crippen molar-refractivity contribution < 1.29 is 5.11 Å². The second-order valence-electron chi connectivity index (χ2n) is 8.41. The Bertz CT molecular complexity index is 309. The van der Waals surface area contributed by atoms with Crippen molar-refractivity contribution >= 4 is 0 Å². The highest BCUT2D eigenvalue weighted by Crippen LogP contribution is 2.40. The number of hydrogen-bond acceptors (Lipinski definition) is 3. The lowest BCUT2D eigenvalue weighted by Gasteiger charge is -2.36. The third kappa shape index (κ3) is 4.44. The van der Waals surface area contributed by atoms with E-state index in [2.05, 4.69) is 38.0 Å². The molecule has 2 saturated carbocycles. The molecule has 118 valence electrons. The van der Waals surface area contributed by atoms with Crippen LogP contribution in [0.2, 0.25) is 0 Å². The average Bonchev–Trinajstić information content (AvgIpc) is 3.04. The number of nitrogens with one attached hydrogen (secondary N) is 1. The Hall–Kier alpha value is -0.120. The van der Waals surface area contributed by atoms with Gasteiger partial charge in [-0.25, -0.2) is 0 Å². The summed E-state index contributed by atoms with van der Waals surface area (Å²) >= 11 is 0. The molecule has 2 rings (SSSR count). The number of aliphatic hydroxyl groups is 1. The Balaban J connectivity index is 1.83. The molecule has 2 N–H and O–H groups in total. The maximum atomic E-state index is 9.94. The van der Waals surface area contributed by atoms with Gasteiger partial charge in [0.15, 0.2) is 0 Å². The van der Waals surface area contributed by atoms with Crippen LogP contribution >= 0.6 is 0 Å². The highest BCUT2D eigenvalue weighted by Gasteiger charge is 2.44. The molecule has 0 spiro atoms. The van der Waals surface area contributed by atoms with E-state index in [4.69, 9.17) is 0 Å². The summed E-state index contributed by atoms with van der Waals surface area (Å²) < 4.78 is 0. The van der Waals surface area contributed by atoms with E-state index in [1.54, 1.807) is 0 Å². The van der Waals surface area contributed by atoms with Crippen molar-refractivity contribution in [3.63, 3.8) is 0 Å². The van der Waals surface area contributed by atoms with Gasteiger partial charge < -0.3 is 15.3 Å². The second-order valence-corrected chi connectivity index (χ2v) is 8.41. The van der Waals surface area contributed by atoms with Crippen molar-refractivity contribution in [2.45, 2.75) is 70.9 Å². The lowest BCUT2D eigenvalue weighted by atomic mass is 9.84. The van der Waals surface area contributed by atoms with Crippen LogP contribution in [0.15, 0.2) is 0 Å². The van der Waals surface area contributed by atoms with Crippen molar-refractivity contribution in [2.24, 2.45) is 11.3 Å². The van der Waals surface area contributed by atoms with Crippen LogP contribution < -0.4 is 5.32 Å². The smallest absolute Gasteiger partial charge is 0.0616 e. The molecule has 2 atom stereocenters. The van der Waals surface area contributed by atoms with Gasteiger partial charge in [-0.15, -0.1) is 0 Å². The topological polar surface area (TPSA) is 35.5 Å². The number of aliphatic hydroxyl groups excluding tert-OH is 1. The third-order valence-electron chi connectivity index (χ3n) is 4.91. The van der Waals surface area contributed by atoms with E-state index in [1.165, 1.54) is 32.1 Å². The van der Waals surface area contributed by atoms with Crippen LogP contribution in [0.25, 0.3) is 0 Å². The standard InChI is InChI=1S/C17H34N2O/c1-16(2,3)12-19(4)11-9-14-6-5-10-17(14,13-20)18-15-7-8-15/h14-15,18,20H,5-13H2,1-4H3. The molecule has 0 radical (unpaired) electrons. The zero-order valence-corrected chi connectivity index (χ0v) is 13.9. The SMILES string of the molecule is CN(CCC1CCCC1(CO)NC1CC1)CC(C)(C)C. The minimum absolute atomic E-state index is 0.0315. The normalized spacial score (nSPS) is 31.2. The van der Waals surface area contributed by atoms with Gasteiger partial charge in [0.2, 0.25) is 0 Å². The van der Waals surface area contributed by atoms with Gasteiger partial charge in [0, 0.05) is 18.1 Å². The van der Waals surface area contributed by atoms with Crippen LogP contribution in [-0.4, -0.2) is 48.3 Å². The lowest BCUT2D eigenvalue weighted by molar-refractivity contribution is 0.108. The first-order chi connectivity index (χ1) is 9.35. The zero-order chi connectivity index (χ0) is 14.8. The van der Waals surface area contributed by atoms with E-state index in [0.717, 1.165) is 19.5 Å². The molecule has 0 aliphatic heterocycles. The fourth-order valence-corrected chi connectivity index (χ4v) is 3.91. The Morgan fingerprint density at radius 2 is 1.95 bits per heavy atom. The molecule has 0 amide bonds. The minimum Gasteiger partial charge on any atom is -0.394 e. The van der Waals surface area contributed by atoms with Crippen molar-refractivity contribution in [3.05, 3.63) is 0 Å². The summed E-state index contributed by atoms with van der Waals surface area (Å²) in [6, 6.07) is 0.690. The van der Waals surface area contributed by atoms with Crippen LogP contribution in [0.4, 0.5) is 0 Å². The second kappa shape index (κ2) is 6.33. The van der Waals surface area contributed by atoms with Crippen LogP contribution in [-0.2, 0) is 0 Å². The first-order valence-corrected chi connectivity index (χ1v) is 8.42. The van der Waals surface area contributed by atoms with Gasteiger partial charge in [-0.05, 0) is 57.0 Å². The van der Waals surface area contributed by atoms with E-state index in [0.29, 0.717) is 24.0 Å². The van der Waals surface area contributed by atoms with Crippen LogP contribution in [0.3, 0.4) is 0 Å². The molecule has 2 aliphatic rings. The summed E-state index contributed by atoms with van der Waals surface area (Å²) in [4.78, 5) is 2.46. The molecule has 20 heavy (non-hydrogen) atoms. The first-order valence-electron chi connectivity index (χ1n) is 8.42. The van der Waals surface area contributed by atoms with Crippen molar-refractivity contribution in [2.75, 3.05) is 26.7 Å². The molecule has 3 heteroatoms. The summed E-state index contributed by atoms with van der Waals surface area (Å²) in [7, 11) is 2.23. The molecule has 0 bridgehead atoms. The maximum absolute atomic E-state index is 9.94. The Kier molecular flexibility index (Phi) is 5.14. The predicted molar refractivity (Wildman–Crippen MR) is 84.9 cm³/mol. The van der Waals surface area contributed by atoms with Gasteiger partial charge in [-0.3, -0.25) is 0 Å². The third-order valence-corrected chi connectivity index (χ3v) is 4.91. The molecule has 2 fully saturated rings. The first kappa shape index (κ1) is 16.3. The Morgan fingerprint density at radius 3 is 2.50 bits per heavy atom. The van der Waals surface area contributed by atoms with E-state index in [9.17, 15) is 5.11 Å². The van der Waals surface area contributed by atoms with Gasteiger partial charge in [0.1, 0.15) is 0 Å². The summed E-state index contributed by atoms with van der Waals surface area (Å²) in [5, 5.41) is 13.7. The highest BCUT2D eigenvalue weighted by molar-refractivity contribution is 5.03. The summed E-state index contributed by atoms with van der Waals surface area (Å²) in [5.41, 5.74) is 0.397. The van der Waals surface area contributed by atoms with Crippen LogP contribution in [0, 0.1) is 11.3 Å². The number of rotatable bonds is 7. The van der Waals surface area contributed by atoms with E-state index in [-0.39, 0.29) is 5.54 Å². The number of hydrogen-bond donors (Lipinski definition) is 2. The molecular weight excluding hydrogens is 248 g/mol. The van der Waals surface area contributed by atoms with E-state index in [1.807, 2.05) is 0 Å². The molecule has 3 nitrogen and oxygen atoms in total. The quantitative estimate of drug-likeness (QED) is 0.753. The predicted octanol–water partition coefficient (Wildman–Crippen LogP) is 2.64. The molecular formula is C17H34N2O.